The number of carbonyl (C=O) groups is 2. The number of methoxy groups -OCH3 is 1. The van der Waals surface area contributed by atoms with Crippen molar-refractivity contribution in [2.45, 2.75) is 6.92 Å². The molecule has 134 valence electrons. The molecule has 0 saturated carbocycles. The first-order valence-corrected chi connectivity index (χ1v) is 9.57. The van der Waals surface area contributed by atoms with E-state index < -0.39 is 5.91 Å². The maximum Gasteiger partial charge on any atom is 0.272 e. The second-order valence-electron chi connectivity index (χ2n) is 5.41. The average molecular weight is 408 g/mol. The number of hydrogen-bond donors (Lipinski definition) is 0. The van der Waals surface area contributed by atoms with Gasteiger partial charge in [0.25, 0.3) is 11.8 Å². The van der Waals surface area contributed by atoms with Gasteiger partial charge in [-0.25, -0.2) is 4.90 Å². The fourth-order valence-corrected chi connectivity index (χ4v) is 4.05. The van der Waals surface area contributed by atoms with Crippen molar-refractivity contribution >= 4 is 58.0 Å². The van der Waals surface area contributed by atoms with E-state index in [4.69, 9.17) is 27.9 Å². The average Bonchev–Trinajstić information content (AvgIpc) is 2.86. The minimum atomic E-state index is -0.413. The van der Waals surface area contributed by atoms with Crippen LogP contribution in [-0.2, 0) is 9.59 Å². The zero-order chi connectivity index (χ0) is 18.8. The van der Waals surface area contributed by atoms with Gasteiger partial charge in [-0.2, -0.15) is 0 Å². The lowest BCUT2D eigenvalue weighted by Gasteiger charge is -2.16. The van der Waals surface area contributed by atoms with Crippen molar-refractivity contribution in [2.75, 3.05) is 17.8 Å². The molecular formula is C19H15Cl2NO3S. The molecule has 1 heterocycles. The summed E-state index contributed by atoms with van der Waals surface area (Å²) in [4.78, 5) is 27.7. The molecule has 4 nitrogen and oxygen atoms in total. The fourth-order valence-electron chi connectivity index (χ4n) is 2.70. The Hall–Kier alpha value is -1.95. The predicted octanol–water partition coefficient (Wildman–Crippen LogP) is 5.04. The lowest BCUT2D eigenvalue weighted by Crippen LogP contribution is -2.31. The lowest BCUT2D eigenvalue weighted by atomic mass is 10.1. The van der Waals surface area contributed by atoms with E-state index >= 15 is 0 Å². The van der Waals surface area contributed by atoms with Crippen LogP contribution in [0.5, 0.6) is 5.75 Å². The molecule has 1 aliphatic rings. The zero-order valence-corrected chi connectivity index (χ0v) is 16.4. The number of anilines is 1. The minimum Gasteiger partial charge on any atom is -0.497 e. The summed E-state index contributed by atoms with van der Waals surface area (Å²) in [7, 11) is 1.53. The number of rotatable bonds is 5. The van der Waals surface area contributed by atoms with Gasteiger partial charge in [-0.3, -0.25) is 9.59 Å². The first-order chi connectivity index (χ1) is 12.5. The second kappa shape index (κ2) is 7.74. The van der Waals surface area contributed by atoms with Crippen LogP contribution in [0.15, 0.2) is 47.4 Å². The third-order valence-electron chi connectivity index (χ3n) is 3.84. The SMILES string of the molecule is CCSC1=C(c2ccc(Cl)cc2Cl)C(=O)N(c2cccc(OC)c2)C1=O. The van der Waals surface area contributed by atoms with Gasteiger partial charge in [-0.05, 0) is 30.0 Å². The molecule has 2 amide bonds. The summed E-state index contributed by atoms with van der Waals surface area (Å²) in [5.41, 5.74) is 1.25. The van der Waals surface area contributed by atoms with Gasteiger partial charge < -0.3 is 4.74 Å². The third kappa shape index (κ3) is 3.34. The van der Waals surface area contributed by atoms with Crippen LogP contribution in [0.2, 0.25) is 10.0 Å². The van der Waals surface area contributed by atoms with Gasteiger partial charge in [-0.15, -0.1) is 11.8 Å². The van der Waals surface area contributed by atoms with Crippen LogP contribution in [-0.4, -0.2) is 24.7 Å². The highest BCUT2D eigenvalue weighted by atomic mass is 35.5. The molecule has 0 spiro atoms. The molecule has 0 atom stereocenters. The van der Waals surface area contributed by atoms with E-state index in [1.54, 1.807) is 42.5 Å². The molecule has 0 bridgehead atoms. The zero-order valence-electron chi connectivity index (χ0n) is 14.1. The molecule has 3 rings (SSSR count). The van der Waals surface area contributed by atoms with Crippen LogP contribution < -0.4 is 9.64 Å². The molecule has 0 N–H and O–H groups in total. The maximum absolute atomic E-state index is 13.1. The molecule has 26 heavy (non-hydrogen) atoms. The lowest BCUT2D eigenvalue weighted by molar-refractivity contribution is -0.119. The largest absolute Gasteiger partial charge is 0.497 e. The van der Waals surface area contributed by atoms with Crippen molar-refractivity contribution < 1.29 is 14.3 Å². The van der Waals surface area contributed by atoms with Crippen LogP contribution in [0.25, 0.3) is 5.57 Å². The molecular weight excluding hydrogens is 393 g/mol. The number of ether oxygens (including phenoxy) is 1. The summed E-state index contributed by atoms with van der Waals surface area (Å²) in [5, 5.41) is 0.792. The number of carbonyl (C=O) groups excluding carboxylic acids is 2. The molecule has 0 saturated heterocycles. The molecule has 7 heteroatoms. The quantitative estimate of drug-likeness (QED) is 0.651. The highest BCUT2D eigenvalue weighted by Crippen LogP contribution is 2.41. The Morgan fingerprint density at radius 3 is 2.50 bits per heavy atom. The summed E-state index contributed by atoms with van der Waals surface area (Å²) in [6.07, 6.45) is 0. The number of amides is 2. The van der Waals surface area contributed by atoms with Gasteiger partial charge in [0.05, 0.1) is 28.3 Å². The second-order valence-corrected chi connectivity index (χ2v) is 7.53. The van der Waals surface area contributed by atoms with Crippen LogP contribution in [0.3, 0.4) is 0 Å². The van der Waals surface area contributed by atoms with Crippen molar-refractivity contribution in [3.8, 4) is 5.75 Å². The van der Waals surface area contributed by atoms with Gasteiger partial charge in [0.1, 0.15) is 5.75 Å². The Balaban J connectivity index is 2.12. The molecule has 0 radical (unpaired) electrons. The molecule has 0 fully saturated rings. The molecule has 1 aliphatic heterocycles. The number of benzene rings is 2. The van der Waals surface area contributed by atoms with Crippen LogP contribution in [0, 0.1) is 0 Å². The maximum atomic E-state index is 13.1. The van der Waals surface area contributed by atoms with E-state index in [1.807, 2.05) is 6.92 Å². The number of nitrogens with zero attached hydrogens (tertiary/aromatic N) is 1. The molecule has 0 aromatic heterocycles. The van der Waals surface area contributed by atoms with Crippen LogP contribution in [0.4, 0.5) is 5.69 Å². The highest BCUT2D eigenvalue weighted by Gasteiger charge is 2.40. The Kier molecular flexibility index (Phi) is 5.61. The van der Waals surface area contributed by atoms with Crippen molar-refractivity contribution in [2.24, 2.45) is 0 Å². The first-order valence-electron chi connectivity index (χ1n) is 7.83. The van der Waals surface area contributed by atoms with Crippen LogP contribution in [0.1, 0.15) is 12.5 Å². The number of thioether (sulfide) groups is 1. The molecule has 0 unspecified atom stereocenters. The van der Waals surface area contributed by atoms with E-state index in [2.05, 4.69) is 0 Å². The normalized spacial score (nSPS) is 14.4. The van der Waals surface area contributed by atoms with E-state index in [9.17, 15) is 9.59 Å². The van der Waals surface area contributed by atoms with Gasteiger partial charge >= 0.3 is 0 Å². The van der Waals surface area contributed by atoms with E-state index in [0.717, 1.165) is 4.90 Å². The van der Waals surface area contributed by atoms with Crippen molar-refractivity contribution in [1.29, 1.82) is 0 Å². The Labute approximate surface area is 165 Å². The van der Waals surface area contributed by atoms with Crippen molar-refractivity contribution in [1.82, 2.24) is 0 Å². The van der Waals surface area contributed by atoms with Gasteiger partial charge in [0.2, 0.25) is 0 Å². The van der Waals surface area contributed by atoms with E-state index in [1.165, 1.54) is 18.9 Å². The summed E-state index contributed by atoms with van der Waals surface area (Å²) >= 11 is 13.6. The number of hydrogen-bond acceptors (Lipinski definition) is 4. The minimum absolute atomic E-state index is 0.298. The fraction of sp³-hybridized carbons (Fsp3) is 0.158. The molecule has 0 aliphatic carbocycles. The third-order valence-corrected chi connectivity index (χ3v) is 5.35. The van der Waals surface area contributed by atoms with E-state index in [-0.39, 0.29) is 5.91 Å². The van der Waals surface area contributed by atoms with Gasteiger partial charge in [-0.1, -0.05) is 42.3 Å². The van der Waals surface area contributed by atoms with Crippen molar-refractivity contribution in [3.05, 3.63) is 63.0 Å². The standard InChI is InChI=1S/C19H15Cl2NO3S/c1-3-26-17-16(14-8-7-11(20)9-15(14)21)18(23)22(19(17)24)12-5-4-6-13(10-12)25-2/h4-10H,3H2,1-2H3. The summed E-state index contributed by atoms with van der Waals surface area (Å²) in [6, 6.07) is 11.7. The van der Waals surface area contributed by atoms with Gasteiger partial charge in [0.15, 0.2) is 0 Å². The van der Waals surface area contributed by atoms with Crippen molar-refractivity contribution in [3.63, 3.8) is 0 Å². The number of halogens is 2. The number of imide groups is 1. The Morgan fingerprint density at radius 1 is 1.08 bits per heavy atom. The predicted molar refractivity (Wildman–Crippen MR) is 107 cm³/mol. The smallest absolute Gasteiger partial charge is 0.272 e. The summed E-state index contributed by atoms with van der Waals surface area (Å²) < 4.78 is 5.20. The topological polar surface area (TPSA) is 46.6 Å². The van der Waals surface area contributed by atoms with Gasteiger partial charge in [0, 0.05) is 16.7 Å². The first kappa shape index (κ1) is 18.8. The Morgan fingerprint density at radius 2 is 1.85 bits per heavy atom. The molecule has 2 aromatic rings. The highest BCUT2D eigenvalue weighted by molar-refractivity contribution is 8.04. The van der Waals surface area contributed by atoms with E-state index in [0.29, 0.717) is 43.3 Å². The molecule has 2 aromatic carbocycles. The monoisotopic (exact) mass is 407 g/mol. The summed E-state index contributed by atoms with van der Waals surface area (Å²) in [6.45, 7) is 1.92. The summed E-state index contributed by atoms with van der Waals surface area (Å²) in [5.74, 6) is 0.431. The Bertz CT molecular complexity index is 927. The van der Waals surface area contributed by atoms with Crippen LogP contribution >= 0.6 is 35.0 Å².